The Bertz CT molecular complexity index is 560. The maximum absolute atomic E-state index is 5.19. The zero-order valence-corrected chi connectivity index (χ0v) is 14.0. The zero-order chi connectivity index (χ0) is 15.2. The Morgan fingerprint density at radius 1 is 1.05 bits per heavy atom. The van der Waals surface area contributed by atoms with Crippen LogP contribution in [0.5, 0.6) is 5.75 Å². The topological polar surface area (TPSA) is 21.3 Å². The van der Waals surface area contributed by atoms with Gasteiger partial charge in [0.2, 0.25) is 0 Å². The molecule has 0 saturated carbocycles. The van der Waals surface area contributed by atoms with Crippen molar-refractivity contribution in [2.24, 2.45) is 0 Å². The van der Waals surface area contributed by atoms with Crippen LogP contribution in [0.4, 0.5) is 0 Å². The lowest BCUT2D eigenvalue weighted by Gasteiger charge is -2.17. The van der Waals surface area contributed by atoms with Crippen molar-refractivity contribution in [3.05, 3.63) is 59.2 Å². The second-order valence-corrected chi connectivity index (χ2v) is 6.34. The summed E-state index contributed by atoms with van der Waals surface area (Å²) in [5.74, 6) is 1.91. The number of aryl methyl sites for hydroxylation is 2. The van der Waals surface area contributed by atoms with Crippen molar-refractivity contribution in [1.82, 2.24) is 5.32 Å². The lowest BCUT2D eigenvalue weighted by atomic mass is 10.0. The highest BCUT2D eigenvalue weighted by Gasteiger charge is 2.10. The van der Waals surface area contributed by atoms with Gasteiger partial charge in [0.15, 0.2) is 0 Å². The molecule has 2 rings (SSSR count). The van der Waals surface area contributed by atoms with Gasteiger partial charge in [-0.15, -0.1) is 11.8 Å². The van der Waals surface area contributed by atoms with Gasteiger partial charge in [0.05, 0.1) is 7.11 Å². The minimum atomic E-state index is 0.357. The van der Waals surface area contributed by atoms with E-state index in [4.69, 9.17) is 4.74 Å². The molecule has 2 aromatic carbocycles. The van der Waals surface area contributed by atoms with E-state index in [1.807, 2.05) is 30.9 Å². The quantitative estimate of drug-likeness (QED) is 0.801. The average Bonchev–Trinajstić information content (AvgIpc) is 2.47. The third kappa shape index (κ3) is 4.51. The van der Waals surface area contributed by atoms with Crippen LogP contribution in [0.1, 0.15) is 22.7 Å². The minimum Gasteiger partial charge on any atom is -0.497 e. The molecule has 2 nitrogen and oxygen atoms in total. The van der Waals surface area contributed by atoms with Crippen LogP contribution >= 0.6 is 11.8 Å². The smallest absolute Gasteiger partial charge is 0.118 e. The van der Waals surface area contributed by atoms with Gasteiger partial charge in [-0.05, 0) is 50.7 Å². The molecule has 1 N–H and O–H groups in total. The number of nitrogens with one attached hydrogen (secondary N) is 1. The van der Waals surface area contributed by atoms with Crippen LogP contribution < -0.4 is 10.1 Å². The fraction of sp³-hybridized carbons (Fsp3) is 0.333. The maximum Gasteiger partial charge on any atom is 0.118 e. The molecule has 0 aliphatic carbocycles. The Balaban J connectivity index is 2.04. The molecule has 0 saturated heterocycles. The third-order valence-corrected chi connectivity index (χ3v) is 4.58. The van der Waals surface area contributed by atoms with Crippen molar-refractivity contribution >= 4 is 11.8 Å². The highest BCUT2D eigenvalue weighted by molar-refractivity contribution is 7.99. The summed E-state index contributed by atoms with van der Waals surface area (Å²) >= 11 is 1.86. The molecule has 0 aromatic heterocycles. The van der Waals surface area contributed by atoms with Crippen LogP contribution in [-0.2, 0) is 0 Å². The summed E-state index contributed by atoms with van der Waals surface area (Å²) in [6.45, 7) is 4.31. The number of benzene rings is 2. The SMILES string of the molecule is CNC(CSc1ccc(OC)cc1)c1cc(C)cc(C)c1. The number of thioether (sulfide) groups is 1. The number of hydrogen-bond donors (Lipinski definition) is 1. The molecule has 0 bridgehead atoms. The summed E-state index contributed by atoms with van der Waals surface area (Å²) in [6.07, 6.45) is 0. The normalized spacial score (nSPS) is 12.2. The molecule has 0 aliphatic rings. The molecular weight excluding hydrogens is 278 g/mol. The Morgan fingerprint density at radius 2 is 1.67 bits per heavy atom. The lowest BCUT2D eigenvalue weighted by molar-refractivity contribution is 0.414. The van der Waals surface area contributed by atoms with E-state index in [2.05, 4.69) is 49.5 Å². The van der Waals surface area contributed by atoms with E-state index in [1.54, 1.807) is 7.11 Å². The molecular formula is C18H23NOS. The van der Waals surface area contributed by atoms with E-state index in [-0.39, 0.29) is 0 Å². The Kier molecular flexibility index (Phi) is 5.71. The van der Waals surface area contributed by atoms with E-state index in [1.165, 1.54) is 21.6 Å². The summed E-state index contributed by atoms with van der Waals surface area (Å²) in [7, 11) is 3.72. The average molecular weight is 301 g/mol. The monoisotopic (exact) mass is 301 g/mol. The van der Waals surface area contributed by atoms with Gasteiger partial charge >= 0.3 is 0 Å². The molecule has 2 aromatic rings. The molecule has 112 valence electrons. The van der Waals surface area contributed by atoms with Crippen molar-refractivity contribution in [2.75, 3.05) is 19.9 Å². The van der Waals surface area contributed by atoms with Gasteiger partial charge in [-0.1, -0.05) is 29.3 Å². The molecule has 0 spiro atoms. The van der Waals surface area contributed by atoms with Crippen molar-refractivity contribution in [2.45, 2.75) is 24.8 Å². The number of methoxy groups -OCH3 is 1. The van der Waals surface area contributed by atoms with E-state index >= 15 is 0 Å². The predicted octanol–water partition coefficient (Wildman–Crippen LogP) is 4.36. The van der Waals surface area contributed by atoms with Gasteiger partial charge in [-0.25, -0.2) is 0 Å². The van der Waals surface area contributed by atoms with Crippen molar-refractivity contribution < 1.29 is 4.74 Å². The van der Waals surface area contributed by atoms with Crippen LogP contribution in [0.15, 0.2) is 47.4 Å². The Labute approximate surface area is 131 Å². The predicted molar refractivity (Wildman–Crippen MR) is 91.4 cm³/mol. The molecule has 3 heteroatoms. The van der Waals surface area contributed by atoms with Crippen molar-refractivity contribution in [3.8, 4) is 5.75 Å². The highest BCUT2D eigenvalue weighted by Crippen LogP contribution is 2.27. The second-order valence-electron chi connectivity index (χ2n) is 5.25. The first kappa shape index (κ1) is 15.9. The summed E-state index contributed by atoms with van der Waals surface area (Å²) in [5, 5.41) is 3.42. The first-order valence-electron chi connectivity index (χ1n) is 7.14. The summed E-state index contributed by atoms with van der Waals surface area (Å²) < 4.78 is 5.19. The lowest BCUT2D eigenvalue weighted by Crippen LogP contribution is -2.19. The molecule has 0 amide bonds. The zero-order valence-electron chi connectivity index (χ0n) is 13.1. The first-order valence-corrected chi connectivity index (χ1v) is 8.13. The standard InChI is InChI=1S/C18H23NOS/c1-13-9-14(2)11-15(10-13)18(19-3)12-21-17-7-5-16(20-4)6-8-17/h5-11,18-19H,12H2,1-4H3. The molecule has 0 heterocycles. The van der Waals surface area contributed by atoms with Gasteiger partial charge < -0.3 is 10.1 Å². The van der Waals surface area contributed by atoms with Crippen molar-refractivity contribution in [3.63, 3.8) is 0 Å². The molecule has 1 unspecified atom stereocenters. The number of ether oxygens (including phenoxy) is 1. The van der Waals surface area contributed by atoms with Crippen molar-refractivity contribution in [1.29, 1.82) is 0 Å². The molecule has 21 heavy (non-hydrogen) atoms. The number of rotatable bonds is 6. The fourth-order valence-corrected chi connectivity index (χ4v) is 3.46. The van der Waals surface area contributed by atoms with E-state index in [0.717, 1.165) is 11.5 Å². The highest BCUT2D eigenvalue weighted by atomic mass is 32.2. The van der Waals surface area contributed by atoms with Gasteiger partial charge in [0.1, 0.15) is 5.75 Å². The maximum atomic E-state index is 5.19. The molecule has 1 atom stereocenters. The fourth-order valence-electron chi connectivity index (χ4n) is 2.41. The van der Waals surface area contributed by atoms with Crippen LogP contribution in [-0.4, -0.2) is 19.9 Å². The van der Waals surface area contributed by atoms with Crippen LogP contribution in [0.25, 0.3) is 0 Å². The van der Waals surface area contributed by atoms with Gasteiger partial charge in [-0.2, -0.15) is 0 Å². The van der Waals surface area contributed by atoms with Gasteiger partial charge in [0, 0.05) is 16.7 Å². The minimum absolute atomic E-state index is 0.357. The van der Waals surface area contributed by atoms with E-state index in [9.17, 15) is 0 Å². The first-order chi connectivity index (χ1) is 10.1. The summed E-state index contributed by atoms with van der Waals surface area (Å²) in [6, 6.07) is 15.3. The largest absolute Gasteiger partial charge is 0.497 e. The molecule has 0 radical (unpaired) electrons. The summed E-state index contributed by atoms with van der Waals surface area (Å²) in [5.41, 5.74) is 4.00. The van der Waals surface area contributed by atoms with Gasteiger partial charge in [0.25, 0.3) is 0 Å². The molecule has 0 fully saturated rings. The van der Waals surface area contributed by atoms with E-state index < -0.39 is 0 Å². The summed E-state index contributed by atoms with van der Waals surface area (Å²) in [4.78, 5) is 1.26. The van der Waals surface area contributed by atoms with E-state index in [0.29, 0.717) is 6.04 Å². The molecule has 0 aliphatic heterocycles. The van der Waals surface area contributed by atoms with Crippen LogP contribution in [0.2, 0.25) is 0 Å². The second kappa shape index (κ2) is 7.53. The number of hydrogen-bond acceptors (Lipinski definition) is 3. The Hall–Kier alpha value is -1.45. The van der Waals surface area contributed by atoms with Gasteiger partial charge in [-0.3, -0.25) is 0 Å². The van der Waals surface area contributed by atoms with Crippen LogP contribution in [0, 0.1) is 13.8 Å². The Morgan fingerprint density at radius 3 is 2.19 bits per heavy atom. The third-order valence-electron chi connectivity index (χ3n) is 3.47. The van der Waals surface area contributed by atoms with Crippen LogP contribution in [0.3, 0.4) is 0 Å².